The van der Waals surface area contributed by atoms with E-state index in [-0.39, 0.29) is 29.7 Å². The second kappa shape index (κ2) is 9.12. The molecule has 0 saturated carbocycles. The molecule has 0 N–H and O–H groups in total. The average Bonchev–Trinajstić information content (AvgIpc) is 2.74. The van der Waals surface area contributed by atoms with Crippen LogP contribution in [0, 0.1) is 6.92 Å². The van der Waals surface area contributed by atoms with Crippen LogP contribution in [-0.4, -0.2) is 55.5 Å². The lowest BCUT2D eigenvalue weighted by molar-refractivity contribution is -0.127. The minimum Gasteiger partial charge on any atom is -0.337 e. The molecule has 158 valence electrons. The molecule has 1 fully saturated rings. The number of hydrogen-bond donors (Lipinski definition) is 0. The second-order valence-electron chi connectivity index (χ2n) is 7.16. The van der Waals surface area contributed by atoms with Crippen LogP contribution in [0.15, 0.2) is 53.4 Å². The highest BCUT2D eigenvalue weighted by molar-refractivity contribution is 7.89. The van der Waals surface area contributed by atoms with Crippen LogP contribution in [0.1, 0.15) is 28.4 Å². The molecule has 2 aromatic carbocycles. The molecular weight excluding hydrogens is 424 g/mol. The van der Waals surface area contributed by atoms with Crippen LogP contribution in [0.3, 0.4) is 0 Å². The molecular formula is C22H23ClN2O4S. The highest BCUT2D eigenvalue weighted by Gasteiger charge is 2.29. The number of rotatable bonds is 5. The number of carbonyl (C=O) groups is 2. The van der Waals surface area contributed by atoms with Gasteiger partial charge in [0, 0.05) is 42.8 Å². The number of amides is 1. The third-order valence-electron chi connectivity index (χ3n) is 5.04. The number of Topliss-reactive ketones (excluding diaryl/α,β-unsaturated/α-hetero) is 1. The summed E-state index contributed by atoms with van der Waals surface area (Å²) in [4.78, 5) is 25.7. The van der Waals surface area contributed by atoms with E-state index in [0.717, 1.165) is 11.1 Å². The number of ketones is 1. The van der Waals surface area contributed by atoms with Crippen molar-refractivity contribution in [2.75, 3.05) is 26.2 Å². The Hall–Kier alpha value is -2.48. The molecule has 0 aliphatic carbocycles. The lowest BCUT2D eigenvalue weighted by Crippen LogP contribution is -2.50. The van der Waals surface area contributed by atoms with Crippen LogP contribution >= 0.6 is 11.6 Å². The molecule has 8 heteroatoms. The molecule has 0 unspecified atom stereocenters. The van der Waals surface area contributed by atoms with Gasteiger partial charge in [0.25, 0.3) is 0 Å². The summed E-state index contributed by atoms with van der Waals surface area (Å²) in [5.41, 5.74) is 2.14. The highest BCUT2D eigenvalue weighted by atomic mass is 35.5. The van der Waals surface area contributed by atoms with Gasteiger partial charge in [0.2, 0.25) is 15.9 Å². The molecule has 0 spiro atoms. The number of sulfonamides is 1. The quantitative estimate of drug-likeness (QED) is 0.521. The summed E-state index contributed by atoms with van der Waals surface area (Å²) in [5, 5.41) is 0.636. The van der Waals surface area contributed by atoms with Gasteiger partial charge < -0.3 is 4.90 Å². The molecule has 1 saturated heterocycles. The number of piperazine rings is 1. The zero-order valence-electron chi connectivity index (χ0n) is 16.8. The maximum Gasteiger partial charge on any atom is 0.246 e. The fourth-order valence-electron chi connectivity index (χ4n) is 3.16. The summed E-state index contributed by atoms with van der Waals surface area (Å²) in [5.74, 6) is -0.369. The van der Waals surface area contributed by atoms with E-state index in [9.17, 15) is 18.0 Å². The minimum absolute atomic E-state index is 0.0890. The smallest absolute Gasteiger partial charge is 0.246 e. The topological polar surface area (TPSA) is 74.8 Å². The Morgan fingerprint density at radius 2 is 1.73 bits per heavy atom. The van der Waals surface area contributed by atoms with Crippen LogP contribution in [-0.2, 0) is 14.8 Å². The van der Waals surface area contributed by atoms with Crippen LogP contribution < -0.4 is 0 Å². The molecule has 1 aliphatic heterocycles. The summed E-state index contributed by atoms with van der Waals surface area (Å²) in [6, 6.07) is 11.6. The van der Waals surface area contributed by atoms with Crippen LogP contribution in [0.5, 0.6) is 0 Å². The van der Waals surface area contributed by atoms with Gasteiger partial charge in [0.15, 0.2) is 5.78 Å². The summed E-state index contributed by atoms with van der Waals surface area (Å²) in [6.45, 7) is 4.29. The zero-order valence-corrected chi connectivity index (χ0v) is 18.4. The molecule has 30 heavy (non-hydrogen) atoms. The molecule has 2 aromatic rings. The van der Waals surface area contributed by atoms with Gasteiger partial charge in [-0.25, -0.2) is 8.42 Å². The molecule has 6 nitrogen and oxygen atoms in total. The van der Waals surface area contributed by atoms with E-state index in [1.807, 2.05) is 19.1 Å². The largest absolute Gasteiger partial charge is 0.337 e. The van der Waals surface area contributed by atoms with E-state index in [1.54, 1.807) is 29.2 Å². The molecule has 0 radical (unpaired) electrons. The van der Waals surface area contributed by atoms with Crippen molar-refractivity contribution in [3.63, 3.8) is 0 Å². The van der Waals surface area contributed by atoms with Crippen LogP contribution in [0.4, 0.5) is 0 Å². The Labute approximate surface area is 181 Å². The molecule has 0 atom stereocenters. The van der Waals surface area contributed by atoms with Crippen molar-refractivity contribution < 1.29 is 18.0 Å². The number of halogens is 1. The van der Waals surface area contributed by atoms with Crippen molar-refractivity contribution in [3.8, 4) is 0 Å². The molecule has 3 rings (SSSR count). The first kappa shape index (κ1) is 22.2. The van der Waals surface area contributed by atoms with E-state index in [2.05, 4.69) is 0 Å². The monoisotopic (exact) mass is 446 g/mol. The van der Waals surface area contributed by atoms with E-state index >= 15 is 0 Å². The number of aryl methyl sites for hydroxylation is 1. The fraction of sp³-hybridized carbons (Fsp3) is 0.273. The number of benzene rings is 2. The molecule has 0 aromatic heterocycles. The lowest BCUT2D eigenvalue weighted by Gasteiger charge is -2.33. The summed E-state index contributed by atoms with van der Waals surface area (Å²) in [6.07, 6.45) is 3.17. The third-order valence-corrected chi connectivity index (χ3v) is 7.34. The zero-order chi connectivity index (χ0) is 21.9. The van der Waals surface area contributed by atoms with Crippen LogP contribution in [0.25, 0.3) is 6.08 Å². The summed E-state index contributed by atoms with van der Waals surface area (Å²) in [7, 11) is -3.72. The number of carbonyl (C=O) groups excluding carboxylic acids is 2. The molecule has 1 amide bonds. The van der Waals surface area contributed by atoms with Crippen molar-refractivity contribution in [1.82, 2.24) is 9.21 Å². The van der Waals surface area contributed by atoms with Crippen molar-refractivity contribution in [3.05, 3.63) is 70.3 Å². The standard InChI is InChI=1S/C22H23ClN2O4S/c1-16-6-7-18(14-21(16)23)8-9-22(27)24-10-12-25(13-11-24)30(28,29)20-5-3-4-19(15-20)17(2)26/h3-9,14-15H,10-13H2,1-2H3/b9-8+. The first-order valence-electron chi connectivity index (χ1n) is 9.53. The first-order chi connectivity index (χ1) is 14.2. The van der Waals surface area contributed by atoms with E-state index < -0.39 is 10.0 Å². The van der Waals surface area contributed by atoms with Gasteiger partial charge in [-0.3, -0.25) is 9.59 Å². The third kappa shape index (κ3) is 4.98. The van der Waals surface area contributed by atoms with E-state index in [1.165, 1.54) is 29.4 Å². The van der Waals surface area contributed by atoms with Gasteiger partial charge in [-0.2, -0.15) is 4.31 Å². The summed E-state index contributed by atoms with van der Waals surface area (Å²) < 4.78 is 27.1. The van der Waals surface area contributed by atoms with Gasteiger partial charge in [0.05, 0.1) is 4.90 Å². The number of hydrogen-bond acceptors (Lipinski definition) is 4. The number of nitrogens with zero attached hydrogens (tertiary/aromatic N) is 2. The van der Waals surface area contributed by atoms with Crippen molar-refractivity contribution in [2.45, 2.75) is 18.7 Å². The minimum atomic E-state index is -3.72. The van der Waals surface area contributed by atoms with Crippen molar-refractivity contribution >= 4 is 39.4 Å². The Bertz CT molecular complexity index is 1100. The maximum atomic E-state index is 12.9. The molecule has 1 aliphatic rings. The Morgan fingerprint density at radius 1 is 1.03 bits per heavy atom. The van der Waals surface area contributed by atoms with Gasteiger partial charge in [-0.1, -0.05) is 35.9 Å². The Morgan fingerprint density at radius 3 is 2.37 bits per heavy atom. The SMILES string of the molecule is CC(=O)c1cccc(S(=O)(=O)N2CCN(C(=O)/C=C/c3ccc(C)c(Cl)c3)CC2)c1. The first-order valence-corrected chi connectivity index (χ1v) is 11.3. The summed E-state index contributed by atoms with van der Waals surface area (Å²) >= 11 is 6.10. The predicted molar refractivity (Wildman–Crippen MR) is 117 cm³/mol. The van der Waals surface area contributed by atoms with Gasteiger partial charge in [0.1, 0.15) is 0 Å². The second-order valence-corrected chi connectivity index (χ2v) is 9.50. The predicted octanol–water partition coefficient (Wildman–Crippen LogP) is 3.40. The van der Waals surface area contributed by atoms with Gasteiger partial charge in [-0.05, 0) is 49.2 Å². The van der Waals surface area contributed by atoms with Crippen molar-refractivity contribution in [2.24, 2.45) is 0 Å². The van der Waals surface area contributed by atoms with Gasteiger partial charge >= 0.3 is 0 Å². The van der Waals surface area contributed by atoms with Crippen molar-refractivity contribution in [1.29, 1.82) is 0 Å². The Balaban J connectivity index is 1.64. The van der Waals surface area contributed by atoms with Crippen LogP contribution in [0.2, 0.25) is 5.02 Å². The average molecular weight is 447 g/mol. The normalized spacial score (nSPS) is 15.5. The Kier molecular flexibility index (Phi) is 6.75. The van der Waals surface area contributed by atoms with E-state index in [4.69, 9.17) is 11.6 Å². The molecule has 1 heterocycles. The van der Waals surface area contributed by atoms with E-state index in [0.29, 0.717) is 23.7 Å². The van der Waals surface area contributed by atoms with Gasteiger partial charge in [-0.15, -0.1) is 0 Å². The highest BCUT2D eigenvalue weighted by Crippen LogP contribution is 2.20. The maximum absolute atomic E-state index is 12.9. The molecule has 0 bridgehead atoms. The lowest BCUT2D eigenvalue weighted by atomic mass is 10.1. The fourth-order valence-corrected chi connectivity index (χ4v) is 4.82.